The van der Waals surface area contributed by atoms with Crippen molar-refractivity contribution >= 4 is 12.2 Å². The van der Waals surface area contributed by atoms with Crippen molar-refractivity contribution in [2.75, 3.05) is 0 Å². The molecule has 1 heterocycles. The summed E-state index contributed by atoms with van der Waals surface area (Å²) in [5.74, 6) is 0. The molecular formula is C9H12N2. The summed E-state index contributed by atoms with van der Waals surface area (Å²) in [6, 6.07) is 0. The van der Waals surface area contributed by atoms with Crippen LogP contribution in [-0.2, 0) is 7.05 Å². The van der Waals surface area contributed by atoms with Crippen LogP contribution in [0.2, 0.25) is 0 Å². The van der Waals surface area contributed by atoms with Crippen LogP contribution in [0.4, 0.5) is 0 Å². The first kappa shape index (κ1) is 7.79. The van der Waals surface area contributed by atoms with Crippen molar-refractivity contribution in [3.05, 3.63) is 30.4 Å². The van der Waals surface area contributed by atoms with Crippen LogP contribution in [0.3, 0.4) is 0 Å². The second kappa shape index (κ2) is 3.19. The summed E-state index contributed by atoms with van der Waals surface area (Å²) in [6.45, 7) is 5.69. The van der Waals surface area contributed by atoms with Crippen molar-refractivity contribution < 1.29 is 0 Å². The lowest BCUT2D eigenvalue weighted by Gasteiger charge is -1.94. The number of imidazole rings is 1. The van der Waals surface area contributed by atoms with Crippen molar-refractivity contribution in [1.82, 2.24) is 9.55 Å². The Morgan fingerprint density at radius 3 is 2.91 bits per heavy atom. The molecule has 0 aliphatic carbocycles. The molecule has 0 N–H and O–H groups in total. The normalized spacial score (nSPS) is 10.7. The summed E-state index contributed by atoms with van der Waals surface area (Å²) in [5.41, 5.74) is 2.04. The average Bonchev–Trinajstić information content (AvgIpc) is 2.33. The van der Waals surface area contributed by atoms with Crippen molar-refractivity contribution in [3.8, 4) is 0 Å². The van der Waals surface area contributed by atoms with E-state index in [2.05, 4.69) is 11.6 Å². The van der Waals surface area contributed by atoms with Crippen molar-refractivity contribution in [2.45, 2.75) is 6.92 Å². The molecule has 0 aliphatic rings. The Bertz CT molecular complexity index is 282. The molecule has 0 aromatic carbocycles. The highest BCUT2D eigenvalue weighted by molar-refractivity contribution is 5.58. The number of hydrogen-bond acceptors (Lipinski definition) is 1. The summed E-state index contributed by atoms with van der Waals surface area (Å²) in [6.07, 6.45) is 7.53. The number of allylic oxidation sites excluding steroid dienone is 1. The minimum absolute atomic E-state index is 0.977. The van der Waals surface area contributed by atoms with Gasteiger partial charge in [-0.3, -0.25) is 0 Å². The molecule has 0 saturated carbocycles. The largest absolute Gasteiger partial charge is 0.334 e. The van der Waals surface area contributed by atoms with Gasteiger partial charge in [-0.15, -0.1) is 0 Å². The molecule has 0 atom stereocenters. The van der Waals surface area contributed by atoms with E-state index in [1.807, 2.05) is 36.8 Å². The van der Waals surface area contributed by atoms with E-state index in [9.17, 15) is 0 Å². The van der Waals surface area contributed by atoms with Gasteiger partial charge in [0, 0.05) is 7.05 Å². The number of aryl methyl sites for hydroxylation is 1. The molecule has 11 heavy (non-hydrogen) atoms. The zero-order valence-electron chi connectivity index (χ0n) is 6.91. The van der Waals surface area contributed by atoms with Gasteiger partial charge >= 0.3 is 0 Å². The molecular weight excluding hydrogens is 136 g/mol. The third kappa shape index (κ3) is 1.40. The smallest absolute Gasteiger partial charge is 0.0955 e. The van der Waals surface area contributed by atoms with Gasteiger partial charge in [-0.05, 0) is 19.1 Å². The quantitative estimate of drug-likeness (QED) is 0.628. The summed E-state index contributed by atoms with van der Waals surface area (Å²) >= 11 is 0. The fourth-order valence-electron chi connectivity index (χ4n) is 0.993. The van der Waals surface area contributed by atoms with Gasteiger partial charge in [0.2, 0.25) is 0 Å². The summed E-state index contributed by atoms with van der Waals surface area (Å²) in [4.78, 5) is 4.18. The first-order chi connectivity index (χ1) is 5.29. The number of hydrogen-bond donors (Lipinski definition) is 0. The molecule has 0 radical (unpaired) electrons. The standard InChI is InChI=1S/C9H12N2/c1-4-6-8-9(5-2)11(3)7-10-8/h4-7H,2H2,1,3H3. The van der Waals surface area contributed by atoms with Crippen LogP contribution < -0.4 is 0 Å². The van der Waals surface area contributed by atoms with Crippen LogP contribution in [0, 0.1) is 0 Å². The Kier molecular flexibility index (Phi) is 2.26. The molecule has 1 rings (SSSR count). The first-order valence-electron chi connectivity index (χ1n) is 3.56. The van der Waals surface area contributed by atoms with E-state index in [1.54, 1.807) is 6.33 Å². The molecule has 1 aromatic rings. The molecule has 2 nitrogen and oxygen atoms in total. The fraction of sp³-hybridized carbons (Fsp3) is 0.222. The van der Waals surface area contributed by atoms with Crippen molar-refractivity contribution in [1.29, 1.82) is 0 Å². The van der Waals surface area contributed by atoms with Crippen LogP contribution in [-0.4, -0.2) is 9.55 Å². The third-order valence-corrected chi connectivity index (χ3v) is 1.53. The van der Waals surface area contributed by atoms with E-state index in [-0.39, 0.29) is 0 Å². The van der Waals surface area contributed by atoms with Crippen molar-refractivity contribution in [3.63, 3.8) is 0 Å². The number of nitrogens with zero attached hydrogens (tertiary/aromatic N) is 2. The van der Waals surface area contributed by atoms with E-state index >= 15 is 0 Å². The van der Waals surface area contributed by atoms with E-state index < -0.39 is 0 Å². The highest BCUT2D eigenvalue weighted by Crippen LogP contribution is 2.08. The van der Waals surface area contributed by atoms with Crippen LogP contribution in [0.15, 0.2) is 19.0 Å². The minimum atomic E-state index is 0.977. The lowest BCUT2D eigenvalue weighted by Crippen LogP contribution is -1.88. The monoisotopic (exact) mass is 148 g/mol. The number of aromatic nitrogens is 2. The Morgan fingerprint density at radius 2 is 2.36 bits per heavy atom. The van der Waals surface area contributed by atoms with E-state index in [0.717, 1.165) is 11.4 Å². The third-order valence-electron chi connectivity index (χ3n) is 1.53. The molecule has 0 aliphatic heterocycles. The maximum Gasteiger partial charge on any atom is 0.0955 e. The zero-order chi connectivity index (χ0) is 8.27. The van der Waals surface area contributed by atoms with E-state index in [4.69, 9.17) is 0 Å². The second-order valence-corrected chi connectivity index (χ2v) is 2.33. The highest BCUT2D eigenvalue weighted by Gasteiger charge is 1.99. The highest BCUT2D eigenvalue weighted by atomic mass is 15.0. The Morgan fingerprint density at radius 1 is 1.64 bits per heavy atom. The first-order valence-corrected chi connectivity index (χ1v) is 3.56. The molecule has 0 unspecified atom stereocenters. The SMILES string of the molecule is C=Cc1c(C=CC)ncn1C. The predicted molar refractivity (Wildman–Crippen MR) is 48.0 cm³/mol. The van der Waals surface area contributed by atoms with E-state index in [0.29, 0.717) is 0 Å². The van der Waals surface area contributed by atoms with E-state index in [1.165, 1.54) is 0 Å². The van der Waals surface area contributed by atoms with Crippen LogP contribution in [0.25, 0.3) is 12.2 Å². The summed E-state index contributed by atoms with van der Waals surface area (Å²) in [7, 11) is 1.96. The zero-order valence-corrected chi connectivity index (χ0v) is 6.91. The van der Waals surface area contributed by atoms with Crippen LogP contribution in [0.5, 0.6) is 0 Å². The van der Waals surface area contributed by atoms with Gasteiger partial charge in [-0.25, -0.2) is 4.98 Å². The van der Waals surface area contributed by atoms with Crippen LogP contribution in [0.1, 0.15) is 18.3 Å². The van der Waals surface area contributed by atoms with Gasteiger partial charge in [-0.2, -0.15) is 0 Å². The lowest BCUT2D eigenvalue weighted by molar-refractivity contribution is 0.902. The number of rotatable bonds is 2. The predicted octanol–water partition coefficient (Wildman–Crippen LogP) is 2.10. The topological polar surface area (TPSA) is 17.8 Å². The van der Waals surface area contributed by atoms with Crippen LogP contribution >= 0.6 is 0 Å². The molecule has 0 fully saturated rings. The molecule has 1 aromatic heterocycles. The lowest BCUT2D eigenvalue weighted by atomic mass is 10.3. The summed E-state index contributed by atoms with van der Waals surface area (Å²) < 4.78 is 1.95. The molecule has 0 bridgehead atoms. The van der Waals surface area contributed by atoms with Gasteiger partial charge in [0.25, 0.3) is 0 Å². The Labute approximate surface area is 66.9 Å². The Balaban J connectivity index is 3.15. The average molecular weight is 148 g/mol. The van der Waals surface area contributed by atoms with Gasteiger partial charge in [-0.1, -0.05) is 12.7 Å². The molecule has 2 heteroatoms. The molecule has 0 amide bonds. The maximum atomic E-state index is 4.18. The molecule has 0 spiro atoms. The maximum absolute atomic E-state index is 4.18. The summed E-state index contributed by atoms with van der Waals surface area (Å²) in [5, 5.41) is 0. The minimum Gasteiger partial charge on any atom is -0.334 e. The van der Waals surface area contributed by atoms with Gasteiger partial charge < -0.3 is 4.57 Å². The molecule has 0 saturated heterocycles. The van der Waals surface area contributed by atoms with Crippen molar-refractivity contribution in [2.24, 2.45) is 7.05 Å². The Hall–Kier alpha value is -1.31. The van der Waals surface area contributed by atoms with Gasteiger partial charge in [0.05, 0.1) is 17.7 Å². The molecule has 58 valence electrons. The fourth-order valence-corrected chi connectivity index (χ4v) is 0.993. The second-order valence-electron chi connectivity index (χ2n) is 2.33. The van der Waals surface area contributed by atoms with Gasteiger partial charge in [0.15, 0.2) is 0 Å². The van der Waals surface area contributed by atoms with Gasteiger partial charge in [0.1, 0.15) is 0 Å².